The molecule has 0 bridgehead atoms. The van der Waals surface area contributed by atoms with E-state index in [0.29, 0.717) is 24.2 Å². The monoisotopic (exact) mass is 395 g/mol. The fourth-order valence-corrected chi connectivity index (χ4v) is 2.91. The van der Waals surface area contributed by atoms with Crippen LogP contribution in [0.2, 0.25) is 0 Å². The van der Waals surface area contributed by atoms with Crippen LogP contribution < -0.4 is 10.5 Å². The number of carbonyl (C=O) groups excluding carboxylic acids is 1. The van der Waals surface area contributed by atoms with Gasteiger partial charge in [-0.25, -0.2) is 8.78 Å². The van der Waals surface area contributed by atoms with Gasteiger partial charge in [-0.1, -0.05) is 18.7 Å². The van der Waals surface area contributed by atoms with Gasteiger partial charge in [-0.05, 0) is 43.0 Å². The van der Waals surface area contributed by atoms with Crippen LogP contribution in [-0.4, -0.2) is 49.4 Å². The van der Waals surface area contributed by atoms with E-state index in [1.807, 2.05) is 0 Å². The molecular weight excluding hydrogens is 371 g/mol. The van der Waals surface area contributed by atoms with Crippen LogP contribution in [0.15, 0.2) is 47.1 Å². The molecule has 1 aliphatic carbocycles. The number of nitrogens with two attached hydrogens (primary N) is 1. The third-order valence-electron chi connectivity index (χ3n) is 4.70. The van der Waals surface area contributed by atoms with E-state index in [1.165, 1.54) is 4.90 Å². The lowest BCUT2D eigenvalue weighted by atomic mass is 9.98. The van der Waals surface area contributed by atoms with Gasteiger partial charge >= 0.3 is 0 Å². The lowest BCUT2D eigenvalue weighted by Gasteiger charge is -2.32. The number of carbonyl (C=O) groups is 1. The maximum Gasteiger partial charge on any atom is 0.278 e. The number of nitrogens with zero attached hydrogens (tertiary/aromatic N) is 2. The van der Waals surface area contributed by atoms with Crippen LogP contribution >= 0.6 is 0 Å². The minimum Gasteiger partial charge on any atom is -0.497 e. The highest BCUT2D eigenvalue weighted by molar-refractivity contribution is 6.19. The Balaban J connectivity index is 2.38. The molecule has 0 aromatic heterocycles. The standard InChI is InChI=1S/C20H24F3N3O2/c1-11(13-5-9-15(28-4)10-6-13)12(2)26(14-7-8-14)20(27)16(19(23)25-3)17(24)18(21)22/h5-6,9-10,12,14,18H,1,7-8,24H2,2-4H3. The molecule has 0 radical (unpaired) electrons. The summed E-state index contributed by atoms with van der Waals surface area (Å²) in [5.74, 6) is -1.56. The second-order valence-corrected chi connectivity index (χ2v) is 6.52. The fraction of sp³-hybridized carbons (Fsp3) is 0.400. The number of alkyl halides is 2. The molecule has 28 heavy (non-hydrogen) atoms. The summed E-state index contributed by atoms with van der Waals surface area (Å²) in [7, 11) is 2.62. The van der Waals surface area contributed by atoms with Gasteiger partial charge in [-0.2, -0.15) is 4.39 Å². The molecule has 1 aliphatic rings. The molecule has 1 aromatic carbocycles. The molecule has 0 heterocycles. The van der Waals surface area contributed by atoms with Crippen molar-refractivity contribution < 1.29 is 22.7 Å². The Hall–Kier alpha value is -2.77. The number of halogens is 3. The topological polar surface area (TPSA) is 67.9 Å². The SMILES string of the molecule is C=C(c1ccc(OC)cc1)C(C)N(C(=O)C(C(F)=NC)=C(N)C(F)F)C1CC1. The highest BCUT2D eigenvalue weighted by atomic mass is 19.3. The Morgan fingerprint density at radius 3 is 2.32 bits per heavy atom. The first-order valence-corrected chi connectivity index (χ1v) is 8.79. The van der Waals surface area contributed by atoms with Crippen molar-refractivity contribution in [3.63, 3.8) is 0 Å². The zero-order chi connectivity index (χ0) is 21.0. The number of amides is 1. The van der Waals surface area contributed by atoms with Gasteiger partial charge in [0.1, 0.15) is 11.3 Å². The number of hydrogen-bond acceptors (Lipinski definition) is 4. The van der Waals surface area contributed by atoms with E-state index in [2.05, 4.69) is 11.6 Å². The molecule has 1 fully saturated rings. The van der Waals surface area contributed by atoms with Crippen molar-refractivity contribution in [3.8, 4) is 5.75 Å². The van der Waals surface area contributed by atoms with Crippen molar-refractivity contribution in [3.05, 3.63) is 47.7 Å². The van der Waals surface area contributed by atoms with Crippen molar-refractivity contribution in [2.45, 2.75) is 38.3 Å². The molecule has 152 valence electrons. The fourth-order valence-electron chi connectivity index (χ4n) is 2.91. The molecule has 0 saturated heterocycles. The van der Waals surface area contributed by atoms with E-state index in [1.54, 1.807) is 38.3 Å². The number of allylic oxidation sites excluding steroid dienone is 1. The molecule has 1 unspecified atom stereocenters. The average molecular weight is 395 g/mol. The van der Waals surface area contributed by atoms with E-state index in [-0.39, 0.29) is 6.04 Å². The highest BCUT2D eigenvalue weighted by Crippen LogP contribution is 2.35. The minimum atomic E-state index is -3.17. The molecule has 5 nitrogen and oxygen atoms in total. The van der Waals surface area contributed by atoms with Crippen molar-refractivity contribution in [1.82, 2.24) is 4.90 Å². The average Bonchev–Trinajstić information content (AvgIpc) is 3.52. The second-order valence-electron chi connectivity index (χ2n) is 6.52. The third kappa shape index (κ3) is 4.55. The first-order chi connectivity index (χ1) is 13.2. The van der Waals surface area contributed by atoms with Crippen molar-refractivity contribution in [2.24, 2.45) is 10.7 Å². The van der Waals surface area contributed by atoms with E-state index >= 15 is 0 Å². The molecule has 8 heteroatoms. The summed E-state index contributed by atoms with van der Waals surface area (Å²) in [6.45, 7) is 5.77. The summed E-state index contributed by atoms with van der Waals surface area (Å²) >= 11 is 0. The number of methoxy groups -OCH3 is 1. The second kappa shape index (κ2) is 8.95. The van der Waals surface area contributed by atoms with Gasteiger partial charge in [-0.15, -0.1) is 0 Å². The summed E-state index contributed by atoms with van der Waals surface area (Å²) in [6.07, 6.45) is -1.79. The number of ether oxygens (including phenoxy) is 1. The van der Waals surface area contributed by atoms with Crippen LogP contribution in [0.5, 0.6) is 5.75 Å². The zero-order valence-corrected chi connectivity index (χ0v) is 16.1. The van der Waals surface area contributed by atoms with Crippen LogP contribution in [0, 0.1) is 0 Å². The Morgan fingerprint density at radius 2 is 1.89 bits per heavy atom. The summed E-state index contributed by atoms with van der Waals surface area (Å²) in [6, 6.07) is 6.32. The first-order valence-electron chi connectivity index (χ1n) is 8.79. The van der Waals surface area contributed by atoms with Gasteiger partial charge < -0.3 is 15.4 Å². The minimum absolute atomic E-state index is 0.192. The summed E-state index contributed by atoms with van der Waals surface area (Å²) in [4.78, 5) is 17.6. The van der Waals surface area contributed by atoms with Crippen molar-refractivity contribution in [1.29, 1.82) is 0 Å². The molecule has 1 amide bonds. The summed E-state index contributed by atoms with van der Waals surface area (Å²) < 4.78 is 45.5. The Morgan fingerprint density at radius 1 is 1.32 bits per heavy atom. The Bertz CT molecular complexity index is 799. The van der Waals surface area contributed by atoms with E-state index in [0.717, 1.165) is 12.6 Å². The number of aliphatic imine (C=N–C) groups is 1. The molecule has 0 aliphatic heterocycles. The summed E-state index contributed by atoms with van der Waals surface area (Å²) in [5.41, 5.74) is 4.67. The van der Waals surface area contributed by atoms with Crippen LogP contribution in [0.3, 0.4) is 0 Å². The van der Waals surface area contributed by atoms with E-state index < -0.39 is 35.6 Å². The van der Waals surface area contributed by atoms with E-state index in [4.69, 9.17) is 10.5 Å². The van der Waals surface area contributed by atoms with Crippen molar-refractivity contribution >= 4 is 17.4 Å². The van der Waals surface area contributed by atoms with Crippen LogP contribution in [-0.2, 0) is 4.79 Å². The van der Waals surface area contributed by atoms with Gasteiger partial charge in [0, 0.05) is 13.1 Å². The maximum absolute atomic E-state index is 14.2. The number of benzene rings is 1. The van der Waals surface area contributed by atoms with E-state index in [9.17, 15) is 18.0 Å². The maximum atomic E-state index is 14.2. The van der Waals surface area contributed by atoms with Gasteiger partial charge in [0.15, 0.2) is 0 Å². The largest absolute Gasteiger partial charge is 0.497 e. The normalized spacial score (nSPS) is 16.5. The smallest absolute Gasteiger partial charge is 0.278 e. The molecule has 1 aromatic rings. The quantitative estimate of drug-likeness (QED) is 0.541. The number of rotatable bonds is 8. The zero-order valence-electron chi connectivity index (χ0n) is 16.1. The lowest BCUT2D eigenvalue weighted by molar-refractivity contribution is -0.128. The molecule has 0 spiro atoms. The molecule has 2 rings (SSSR count). The predicted molar refractivity (Wildman–Crippen MR) is 103 cm³/mol. The van der Waals surface area contributed by atoms with Crippen LogP contribution in [0.1, 0.15) is 25.3 Å². The highest BCUT2D eigenvalue weighted by Gasteiger charge is 2.40. The molecule has 2 N–H and O–H groups in total. The number of hydrogen-bond donors (Lipinski definition) is 1. The van der Waals surface area contributed by atoms with Crippen molar-refractivity contribution in [2.75, 3.05) is 14.2 Å². The van der Waals surface area contributed by atoms with Gasteiger partial charge in [0.25, 0.3) is 12.3 Å². The molecular formula is C20H24F3N3O2. The van der Waals surface area contributed by atoms with Crippen LogP contribution in [0.4, 0.5) is 13.2 Å². The molecule has 1 saturated carbocycles. The molecule has 1 atom stereocenters. The third-order valence-corrected chi connectivity index (χ3v) is 4.70. The van der Waals surface area contributed by atoms with Crippen LogP contribution in [0.25, 0.3) is 5.57 Å². The van der Waals surface area contributed by atoms with Gasteiger partial charge in [0.05, 0.1) is 18.8 Å². The lowest BCUT2D eigenvalue weighted by Crippen LogP contribution is -2.43. The first kappa shape index (κ1) is 21.5. The van der Waals surface area contributed by atoms with Gasteiger partial charge in [0.2, 0.25) is 5.97 Å². The Labute approximate surface area is 162 Å². The Kier molecular flexibility index (Phi) is 6.88. The van der Waals surface area contributed by atoms with Gasteiger partial charge in [-0.3, -0.25) is 9.79 Å². The summed E-state index contributed by atoms with van der Waals surface area (Å²) in [5, 5.41) is 0. The predicted octanol–water partition coefficient (Wildman–Crippen LogP) is 3.56.